The molecule has 1 aliphatic rings. The van der Waals surface area contributed by atoms with Gasteiger partial charge in [0.05, 0.1) is 19.3 Å². The number of nitrogens with zero attached hydrogens (tertiary/aromatic N) is 1. The molecule has 2 heterocycles. The van der Waals surface area contributed by atoms with Gasteiger partial charge in [-0.05, 0) is 43.2 Å². The first-order valence-electron chi connectivity index (χ1n) is 10.2. The number of aromatic nitrogens is 1. The van der Waals surface area contributed by atoms with Crippen molar-refractivity contribution in [1.82, 2.24) is 9.88 Å². The zero-order valence-corrected chi connectivity index (χ0v) is 17.2. The number of para-hydroxylation sites is 1. The molecule has 0 radical (unpaired) electrons. The van der Waals surface area contributed by atoms with E-state index in [-0.39, 0.29) is 24.0 Å². The Bertz CT molecular complexity index is 969. The second-order valence-electron chi connectivity index (χ2n) is 7.88. The van der Waals surface area contributed by atoms with Gasteiger partial charge in [-0.2, -0.15) is 0 Å². The number of H-pyrrole nitrogens is 1. The first-order valence-corrected chi connectivity index (χ1v) is 10.2. The second kappa shape index (κ2) is 8.29. The summed E-state index contributed by atoms with van der Waals surface area (Å²) in [6.45, 7) is 5.34. The van der Waals surface area contributed by atoms with E-state index in [9.17, 15) is 4.79 Å². The number of carbonyl (C=O) groups is 1. The molecule has 1 fully saturated rings. The topological polar surface area (TPSA) is 54.6 Å². The van der Waals surface area contributed by atoms with Gasteiger partial charge in [-0.1, -0.05) is 30.3 Å². The van der Waals surface area contributed by atoms with Crippen LogP contribution in [0.2, 0.25) is 0 Å². The Hall–Kier alpha value is -2.79. The van der Waals surface area contributed by atoms with Crippen LogP contribution in [-0.2, 0) is 9.53 Å². The highest BCUT2D eigenvalue weighted by Crippen LogP contribution is 2.35. The van der Waals surface area contributed by atoms with E-state index in [2.05, 4.69) is 29.2 Å². The zero-order valence-electron chi connectivity index (χ0n) is 17.2. The van der Waals surface area contributed by atoms with Crippen LogP contribution < -0.4 is 4.74 Å². The molecule has 152 valence electrons. The van der Waals surface area contributed by atoms with Gasteiger partial charge in [0.1, 0.15) is 5.75 Å². The Balaban J connectivity index is 1.67. The third-order valence-electron chi connectivity index (χ3n) is 5.67. The minimum atomic E-state index is -0.0296. The summed E-state index contributed by atoms with van der Waals surface area (Å²) < 4.78 is 11.1. The van der Waals surface area contributed by atoms with Crippen molar-refractivity contribution >= 4 is 16.8 Å². The predicted molar refractivity (Wildman–Crippen MR) is 114 cm³/mol. The molecule has 1 saturated heterocycles. The van der Waals surface area contributed by atoms with E-state index in [0.29, 0.717) is 19.5 Å². The van der Waals surface area contributed by atoms with Crippen LogP contribution in [0.1, 0.15) is 37.3 Å². The lowest BCUT2D eigenvalue weighted by Crippen LogP contribution is -2.48. The number of carbonyl (C=O) groups excluding carboxylic acids is 1. The number of aromatic amines is 1. The monoisotopic (exact) mass is 392 g/mol. The summed E-state index contributed by atoms with van der Waals surface area (Å²) in [5.41, 5.74) is 3.34. The molecule has 3 aromatic rings. The molecule has 3 atom stereocenters. The smallest absolute Gasteiger partial charge is 0.223 e. The molecule has 2 aromatic carbocycles. The van der Waals surface area contributed by atoms with Crippen molar-refractivity contribution in [2.75, 3.05) is 20.2 Å². The van der Waals surface area contributed by atoms with Gasteiger partial charge in [-0.25, -0.2) is 0 Å². The molecule has 3 unspecified atom stereocenters. The lowest BCUT2D eigenvalue weighted by Gasteiger charge is -2.36. The van der Waals surface area contributed by atoms with Crippen molar-refractivity contribution in [1.29, 1.82) is 0 Å². The summed E-state index contributed by atoms with van der Waals surface area (Å²) in [6.07, 6.45) is 2.59. The van der Waals surface area contributed by atoms with Crippen LogP contribution in [-0.4, -0.2) is 48.2 Å². The molecule has 29 heavy (non-hydrogen) atoms. The van der Waals surface area contributed by atoms with E-state index < -0.39 is 0 Å². The highest BCUT2D eigenvalue weighted by Gasteiger charge is 2.29. The summed E-state index contributed by atoms with van der Waals surface area (Å²) in [5.74, 6) is 0.949. The predicted octanol–water partition coefficient (Wildman–Crippen LogP) is 4.33. The Morgan fingerprint density at radius 3 is 2.52 bits per heavy atom. The maximum atomic E-state index is 13.3. The number of fused-ring (bicyclic) bond motifs is 1. The summed E-state index contributed by atoms with van der Waals surface area (Å²) in [5, 5.41) is 1.16. The largest absolute Gasteiger partial charge is 0.497 e. The molecule has 0 bridgehead atoms. The third kappa shape index (κ3) is 4.15. The fourth-order valence-corrected chi connectivity index (χ4v) is 4.31. The fraction of sp³-hybridized carbons (Fsp3) is 0.375. The Kier molecular flexibility index (Phi) is 5.58. The van der Waals surface area contributed by atoms with Crippen molar-refractivity contribution in [2.45, 2.75) is 38.4 Å². The van der Waals surface area contributed by atoms with E-state index in [4.69, 9.17) is 9.47 Å². The number of nitrogens with one attached hydrogen (secondary N) is 1. The van der Waals surface area contributed by atoms with Gasteiger partial charge in [0.25, 0.3) is 0 Å². The highest BCUT2D eigenvalue weighted by molar-refractivity contribution is 5.86. The van der Waals surface area contributed by atoms with Crippen LogP contribution >= 0.6 is 0 Å². The number of ether oxygens (including phenoxy) is 2. The molecule has 1 aromatic heterocycles. The number of methoxy groups -OCH3 is 1. The van der Waals surface area contributed by atoms with E-state index in [1.165, 1.54) is 0 Å². The normalized spacial score (nSPS) is 20.6. The molecule has 5 nitrogen and oxygen atoms in total. The van der Waals surface area contributed by atoms with Crippen LogP contribution in [0.15, 0.2) is 54.7 Å². The van der Waals surface area contributed by atoms with Crippen molar-refractivity contribution < 1.29 is 14.3 Å². The lowest BCUT2D eigenvalue weighted by molar-refractivity contribution is -0.143. The summed E-state index contributed by atoms with van der Waals surface area (Å²) >= 11 is 0. The number of rotatable bonds is 5. The van der Waals surface area contributed by atoms with E-state index in [0.717, 1.165) is 27.8 Å². The molecule has 1 N–H and O–H groups in total. The molecular weight excluding hydrogens is 364 g/mol. The maximum absolute atomic E-state index is 13.3. The second-order valence-corrected chi connectivity index (χ2v) is 7.88. The summed E-state index contributed by atoms with van der Waals surface area (Å²) in [4.78, 5) is 18.6. The Morgan fingerprint density at radius 1 is 1.14 bits per heavy atom. The van der Waals surface area contributed by atoms with Gasteiger partial charge in [-0.3, -0.25) is 4.79 Å². The Labute approximate surface area is 171 Å². The Morgan fingerprint density at radius 2 is 1.83 bits per heavy atom. The lowest BCUT2D eigenvalue weighted by atomic mass is 9.87. The van der Waals surface area contributed by atoms with Gasteiger partial charge in [0.15, 0.2) is 0 Å². The maximum Gasteiger partial charge on any atom is 0.223 e. The highest BCUT2D eigenvalue weighted by atomic mass is 16.5. The van der Waals surface area contributed by atoms with Crippen molar-refractivity contribution in [3.05, 3.63) is 65.9 Å². The standard InChI is InChI=1S/C24H28N2O3/c1-16-14-26(15-17(2)29-16)24(27)12-21(18-8-10-19(28-3)11-9-18)22-13-25-23-7-5-4-6-20(22)23/h4-11,13,16-17,21,25H,12,14-15H2,1-3H3. The molecule has 0 aliphatic carbocycles. The minimum Gasteiger partial charge on any atom is -0.497 e. The van der Waals surface area contributed by atoms with Crippen molar-refractivity contribution in [2.24, 2.45) is 0 Å². The van der Waals surface area contributed by atoms with Gasteiger partial charge in [-0.15, -0.1) is 0 Å². The molecule has 1 aliphatic heterocycles. The summed E-state index contributed by atoms with van der Waals surface area (Å²) in [6, 6.07) is 16.3. The van der Waals surface area contributed by atoms with Crippen LogP contribution in [0.4, 0.5) is 0 Å². The zero-order chi connectivity index (χ0) is 20.4. The minimum absolute atomic E-state index is 0.0296. The van der Waals surface area contributed by atoms with Gasteiger partial charge >= 0.3 is 0 Å². The number of amides is 1. The first kappa shape index (κ1) is 19.5. The van der Waals surface area contributed by atoms with Gasteiger partial charge in [0, 0.05) is 42.5 Å². The average molecular weight is 392 g/mol. The molecule has 1 amide bonds. The van der Waals surface area contributed by atoms with Crippen LogP contribution in [0, 0.1) is 0 Å². The SMILES string of the molecule is COc1ccc(C(CC(=O)N2CC(C)OC(C)C2)c2c[nH]c3ccccc23)cc1. The van der Waals surface area contributed by atoms with E-state index in [1.54, 1.807) is 7.11 Å². The number of morpholine rings is 1. The first-order chi connectivity index (χ1) is 14.0. The number of hydrogen-bond donors (Lipinski definition) is 1. The van der Waals surface area contributed by atoms with Crippen molar-refractivity contribution in [3.8, 4) is 5.75 Å². The fourth-order valence-electron chi connectivity index (χ4n) is 4.31. The van der Waals surface area contributed by atoms with Gasteiger partial charge in [0.2, 0.25) is 5.91 Å². The van der Waals surface area contributed by atoms with E-state index in [1.807, 2.05) is 49.2 Å². The molecule has 0 saturated carbocycles. The van der Waals surface area contributed by atoms with E-state index >= 15 is 0 Å². The third-order valence-corrected chi connectivity index (χ3v) is 5.67. The van der Waals surface area contributed by atoms with Crippen LogP contribution in [0.3, 0.4) is 0 Å². The average Bonchev–Trinajstić information content (AvgIpc) is 3.15. The van der Waals surface area contributed by atoms with Gasteiger partial charge < -0.3 is 19.4 Å². The van der Waals surface area contributed by atoms with Crippen molar-refractivity contribution in [3.63, 3.8) is 0 Å². The summed E-state index contributed by atoms with van der Waals surface area (Å²) in [7, 11) is 1.66. The van der Waals surface area contributed by atoms with Crippen LogP contribution in [0.5, 0.6) is 5.75 Å². The molecule has 4 rings (SSSR count). The molecule has 0 spiro atoms. The number of benzene rings is 2. The number of hydrogen-bond acceptors (Lipinski definition) is 3. The quantitative estimate of drug-likeness (QED) is 0.703. The van der Waals surface area contributed by atoms with Crippen LogP contribution in [0.25, 0.3) is 10.9 Å². The molecular formula is C24H28N2O3. The molecule has 5 heteroatoms.